The molecule has 0 amide bonds. The molecule has 0 radical (unpaired) electrons. The lowest BCUT2D eigenvalue weighted by molar-refractivity contribution is 0.313. The van der Waals surface area contributed by atoms with Gasteiger partial charge in [0, 0.05) is 49.9 Å². The summed E-state index contributed by atoms with van der Waals surface area (Å²) in [7, 11) is 2.17. The van der Waals surface area contributed by atoms with Gasteiger partial charge >= 0.3 is 0 Å². The Kier molecular flexibility index (Phi) is 4.01. The number of likely N-dealkylation sites (N-methyl/N-ethyl adjacent to an activating group) is 1. The zero-order valence-electron chi connectivity index (χ0n) is 12.6. The molecule has 5 heteroatoms. The van der Waals surface area contributed by atoms with E-state index in [1.807, 2.05) is 19.3 Å². The van der Waals surface area contributed by atoms with Crippen molar-refractivity contribution in [3.63, 3.8) is 0 Å². The first-order valence-corrected chi connectivity index (χ1v) is 7.30. The molecule has 1 fully saturated rings. The predicted molar refractivity (Wildman–Crippen MR) is 86.2 cm³/mol. The number of hydrogen-bond donors (Lipinski definition) is 1. The summed E-state index contributed by atoms with van der Waals surface area (Å²) in [5.74, 6) is 0.632. The van der Waals surface area contributed by atoms with Crippen LogP contribution in [0.15, 0.2) is 36.7 Å². The van der Waals surface area contributed by atoms with Crippen molar-refractivity contribution in [1.29, 1.82) is 0 Å². The van der Waals surface area contributed by atoms with Gasteiger partial charge in [0.05, 0.1) is 0 Å². The largest absolute Gasteiger partial charge is 0.369 e. The number of aryl methyl sites for hydroxylation is 1. The van der Waals surface area contributed by atoms with Crippen molar-refractivity contribution in [2.45, 2.75) is 6.92 Å². The molecule has 1 saturated heterocycles. The van der Waals surface area contributed by atoms with Gasteiger partial charge in [0.1, 0.15) is 0 Å². The standard InChI is InChI=1S/C16H21N5/c1-13-11-17-16(18-12-13)19-14-3-5-15(6-4-14)21-9-7-20(2)8-10-21/h3-6,11-12H,7-10H2,1-2H3,(H,17,18,19). The first-order chi connectivity index (χ1) is 10.2. The lowest BCUT2D eigenvalue weighted by atomic mass is 10.2. The maximum absolute atomic E-state index is 4.26. The molecule has 3 rings (SSSR count). The minimum atomic E-state index is 0.632. The number of anilines is 3. The Bertz CT molecular complexity index is 571. The molecule has 1 aliphatic heterocycles. The van der Waals surface area contributed by atoms with Crippen molar-refractivity contribution in [2.75, 3.05) is 43.4 Å². The fourth-order valence-corrected chi connectivity index (χ4v) is 2.41. The van der Waals surface area contributed by atoms with Crippen LogP contribution < -0.4 is 10.2 Å². The lowest BCUT2D eigenvalue weighted by Gasteiger charge is -2.34. The molecule has 0 saturated carbocycles. The molecule has 0 bridgehead atoms. The number of hydrogen-bond acceptors (Lipinski definition) is 5. The normalized spacial score (nSPS) is 16.0. The number of aromatic nitrogens is 2. The van der Waals surface area contributed by atoms with Crippen LogP contribution in [0, 0.1) is 6.92 Å². The van der Waals surface area contributed by atoms with Crippen molar-refractivity contribution < 1.29 is 0 Å². The van der Waals surface area contributed by atoms with E-state index in [0.29, 0.717) is 5.95 Å². The Labute approximate surface area is 125 Å². The zero-order valence-corrected chi connectivity index (χ0v) is 12.6. The van der Waals surface area contributed by atoms with Gasteiger partial charge in [-0.15, -0.1) is 0 Å². The average molecular weight is 283 g/mol. The maximum atomic E-state index is 4.26. The van der Waals surface area contributed by atoms with E-state index in [4.69, 9.17) is 0 Å². The summed E-state index contributed by atoms with van der Waals surface area (Å²) >= 11 is 0. The van der Waals surface area contributed by atoms with Crippen molar-refractivity contribution in [2.24, 2.45) is 0 Å². The molecule has 1 aromatic carbocycles. The van der Waals surface area contributed by atoms with Crippen molar-refractivity contribution in [3.8, 4) is 0 Å². The predicted octanol–water partition coefficient (Wildman–Crippen LogP) is 2.28. The molecule has 0 spiro atoms. The van der Waals surface area contributed by atoms with Crippen LogP contribution in [0.5, 0.6) is 0 Å². The lowest BCUT2D eigenvalue weighted by Crippen LogP contribution is -2.44. The second-order valence-electron chi connectivity index (χ2n) is 5.55. The molecule has 1 aliphatic rings. The molecule has 2 heterocycles. The summed E-state index contributed by atoms with van der Waals surface area (Å²) in [4.78, 5) is 13.3. The van der Waals surface area contributed by atoms with Gasteiger partial charge in [0.2, 0.25) is 5.95 Å². The minimum Gasteiger partial charge on any atom is -0.369 e. The van der Waals surface area contributed by atoms with Crippen LogP contribution in [0.3, 0.4) is 0 Å². The van der Waals surface area contributed by atoms with E-state index >= 15 is 0 Å². The van der Waals surface area contributed by atoms with E-state index in [1.54, 1.807) is 0 Å². The Morgan fingerprint density at radius 2 is 1.57 bits per heavy atom. The first-order valence-electron chi connectivity index (χ1n) is 7.30. The highest BCUT2D eigenvalue weighted by Crippen LogP contribution is 2.20. The second kappa shape index (κ2) is 6.10. The van der Waals surface area contributed by atoms with Gasteiger partial charge in [-0.05, 0) is 43.8 Å². The Balaban J connectivity index is 1.65. The smallest absolute Gasteiger partial charge is 0.227 e. The molecule has 0 unspecified atom stereocenters. The van der Waals surface area contributed by atoms with Gasteiger partial charge in [-0.1, -0.05) is 0 Å². The van der Waals surface area contributed by atoms with Crippen LogP contribution in [0.4, 0.5) is 17.3 Å². The first kappa shape index (κ1) is 13.8. The quantitative estimate of drug-likeness (QED) is 0.936. The van der Waals surface area contributed by atoms with E-state index < -0.39 is 0 Å². The summed E-state index contributed by atoms with van der Waals surface area (Å²) in [5, 5.41) is 3.22. The SMILES string of the molecule is Cc1cnc(Nc2ccc(N3CCN(C)CC3)cc2)nc1. The van der Waals surface area contributed by atoms with Gasteiger partial charge in [0.15, 0.2) is 0 Å². The molecule has 0 aliphatic carbocycles. The molecule has 21 heavy (non-hydrogen) atoms. The van der Waals surface area contributed by atoms with Crippen molar-refractivity contribution in [1.82, 2.24) is 14.9 Å². The van der Waals surface area contributed by atoms with Crippen LogP contribution in [0.25, 0.3) is 0 Å². The summed E-state index contributed by atoms with van der Waals surface area (Å²) in [6, 6.07) is 8.47. The van der Waals surface area contributed by atoms with E-state index in [0.717, 1.165) is 37.4 Å². The van der Waals surface area contributed by atoms with Crippen LogP contribution in [0.1, 0.15) is 5.56 Å². The van der Waals surface area contributed by atoms with Crippen LogP contribution in [-0.2, 0) is 0 Å². The fourth-order valence-electron chi connectivity index (χ4n) is 2.41. The Hall–Kier alpha value is -2.14. The number of nitrogens with zero attached hydrogens (tertiary/aromatic N) is 4. The van der Waals surface area contributed by atoms with E-state index in [9.17, 15) is 0 Å². The highest BCUT2D eigenvalue weighted by Gasteiger charge is 2.13. The summed E-state index contributed by atoms with van der Waals surface area (Å²) in [5.41, 5.74) is 3.35. The van der Waals surface area contributed by atoms with E-state index in [1.165, 1.54) is 5.69 Å². The van der Waals surface area contributed by atoms with Gasteiger partial charge in [-0.2, -0.15) is 0 Å². The van der Waals surface area contributed by atoms with Crippen LogP contribution in [-0.4, -0.2) is 48.1 Å². The monoisotopic (exact) mass is 283 g/mol. The zero-order chi connectivity index (χ0) is 14.7. The number of nitrogens with one attached hydrogen (secondary N) is 1. The third-order valence-electron chi connectivity index (χ3n) is 3.77. The number of piperazine rings is 1. The maximum Gasteiger partial charge on any atom is 0.227 e. The van der Waals surface area contributed by atoms with Crippen LogP contribution >= 0.6 is 0 Å². The van der Waals surface area contributed by atoms with Gasteiger partial charge < -0.3 is 15.1 Å². The molecular weight excluding hydrogens is 262 g/mol. The Morgan fingerprint density at radius 3 is 2.19 bits per heavy atom. The van der Waals surface area contributed by atoms with E-state index in [-0.39, 0.29) is 0 Å². The summed E-state index contributed by atoms with van der Waals surface area (Å²) < 4.78 is 0. The minimum absolute atomic E-state index is 0.632. The van der Waals surface area contributed by atoms with Gasteiger partial charge in [-0.3, -0.25) is 0 Å². The molecule has 1 aromatic heterocycles. The second-order valence-corrected chi connectivity index (χ2v) is 5.55. The average Bonchev–Trinajstić information content (AvgIpc) is 2.51. The highest BCUT2D eigenvalue weighted by atomic mass is 15.2. The fraction of sp³-hybridized carbons (Fsp3) is 0.375. The highest BCUT2D eigenvalue weighted by molar-refractivity contribution is 5.59. The third-order valence-corrected chi connectivity index (χ3v) is 3.77. The van der Waals surface area contributed by atoms with Gasteiger partial charge in [0.25, 0.3) is 0 Å². The topological polar surface area (TPSA) is 44.3 Å². The molecule has 5 nitrogen and oxygen atoms in total. The summed E-state index contributed by atoms with van der Waals surface area (Å²) in [6.07, 6.45) is 3.63. The number of benzene rings is 1. The third kappa shape index (κ3) is 3.49. The molecule has 1 N–H and O–H groups in total. The molecule has 110 valence electrons. The van der Waals surface area contributed by atoms with Crippen molar-refractivity contribution in [3.05, 3.63) is 42.2 Å². The summed E-state index contributed by atoms with van der Waals surface area (Å²) in [6.45, 7) is 6.40. The van der Waals surface area contributed by atoms with E-state index in [2.05, 4.69) is 56.4 Å². The Morgan fingerprint density at radius 1 is 0.952 bits per heavy atom. The van der Waals surface area contributed by atoms with Gasteiger partial charge in [-0.25, -0.2) is 9.97 Å². The molecular formula is C16H21N5. The molecule has 0 atom stereocenters. The number of rotatable bonds is 3. The molecule has 2 aromatic rings. The van der Waals surface area contributed by atoms with Crippen LogP contribution in [0.2, 0.25) is 0 Å². The van der Waals surface area contributed by atoms with Crippen molar-refractivity contribution >= 4 is 17.3 Å².